The maximum Gasteiger partial charge on any atom is 0.221 e. The van der Waals surface area contributed by atoms with E-state index in [-0.39, 0.29) is 11.8 Å². The molecule has 0 aromatic rings. The molecular weight excluding hydrogens is 1150 g/mol. The SMILES string of the molecule is CCCCCCCC/C=C\CCCCCCCCN(CCCCCCCC/C=C\CCCCCCCC)CCNC(=O)CCN(C)CCN(C)CCC(=O)NCCN(CCCCCCCC/C=C\CCCCCCCC)CCCCCCCC/C=C\CCCCCCCC. The number of carbonyl (C=O) groups excluding carboxylic acids is 2. The van der Waals surface area contributed by atoms with Crippen molar-refractivity contribution in [3.63, 3.8) is 0 Å². The zero-order chi connectivity index (χ0) is 68.0. The van der Waals surface area contributed by atoms with Gasteiger partial charge in [-0.2, -0.15) is 0 Å². The molecule has 0 aliphatic heterocycles. The van der Waals surface area contributed by atoms with E-state index in [9.17, 15) is 9.59 Å². The summed E-state index contributed by atoms with van der Waals surface area (Å²) in [5.41, 5.74) is 0. The molecule has 0 rings (SSSR count). The monoisotopic (exact) mass is 1320 g/mol. The van der Waals surface area contributed by atoms with E-state index in [0.29, 0.717) is 12.8 Å². The van der Waals surface area contributed by atoms with Gasteiger partial charge in [0, 0.05) is 65.2 Å². The largest absolute Gasteiger partial charge is 0.355 e. The molecular formula is C86H168N6O2. The summed E-state index contributed by atoms with van der Waals surface area (Å²) in [5.74, 6) is 0.326. The van der Waals surface area contributed by atoms with Gasteiger partial charge in [-0.1, -0.05) is 307 Å². The van der Waals surface area contributed by atoms with E-state index in [0.717, 1.165) is 78.5 Å². The average molecular weight is 1320 g/mol. The van der Waals surface area contributed by atoms with Gasteiger partial charge in [0.15, 0.2) is 0 Å². The Morgan fingerprint density at radius 1 is 0.223 bits per heavy atom. The van der Waals surface area contributed by atoms with Gasteiger partial charge < -0.3 is 30.2 Å². The minimum absolute atomic E-state index is 0.163. The van der Waals surface area contributed by atoms with Gasteiger partial charge in [0.1, 0.15) is 0 Å². The second-order valence-corrected chi connectivity index (χ2v) is 29.2. The number of hydrogen-bond acceptors (Lipinski definition) is 6. The topological polar surface area (TPSA) is 71.2 Å². The van der Waals surface area contributed by atoms with E-state index in [1.807, 2.05) is 0 Å². The average Bonchev–Trinajstić information content (AvgIpc) is 3.76. The Labute approximate surface area is 589 Å². The quantitative estimate of drug-likeness (QED) is 0.0467. The van der Waals surface area contributed by atoms with E-state index in [1.54, 1.807) is 0 Å². The highest BCUT2D eigenvalue weighted by Gasteiger charge is 2.12. The van der Waals surface area contributed by atoms with Crippen molar-refractivity contribution in [2.24, 2.45) is 0 Å². The van der Waals surface area contributed by atoms with E-state index in [2.05, 4.69) is 121 Å². The van der Waals surface area contributed by atoms with Crippen LogP contribution in [0.5, 0.6) is 0 Å². The summed E-state index contributed by atoms with van der Waals surface area (Å²) in [6.07, 6.45) is 95.7. The summed E-state index contributed by atoms with van der Waals surface area (Å²) >= 11 is 0. The number of allylic oxidation sites excluding steroid dienone is 8. The Hall–Kier alpha value is -2.26. The minimum Gasteiger partial charge on any atom is -0.355 e. The van der Waals surface area contributed by atoms with Gasteiger partial charge in [0.25, 0.3) is 0 Å². The molecule has 0 spiro atoms. The lowest BCUT2D eigenvalue weighted by atomic mass is 10.1. The number of unbranched alkanes of at least 4 members (excludes halogenated alkanes) is 48. The summed E-state index contributed by atoms with van der Waals surface area (Å²) in [7, 11) is 4.25. The summed E-state index contributed by atoms with van der Waals surface area (Å²) in [5, 5.41) is 6.57. The van der Waals surface area contributed by atoms with Crippen molar-refractivity contribution in [3.8, 4) is 0 Å². The molecule has 0 saturated carbocycles. The molecule has 0 aromatic heterocycles. The first-order valence-electron chi connectivity index (χ1n) is 42.3. The van der Waals surface area contributed by atoms with Gasteiger partial charge in [-0.05, 0) is 169 Å². The van der Waals surface area contributed by atoms with E-state index in [1.165, 1.54) is 360 Å². The molecule has 0 aliphatic carbocycles. The van der Waals surface area contributed by atoms with Crippen LogP contribution in [0, 0.1) is 0 Å². The molecule has 2 N–H and O–H groups in total. The summed E-state index contributed by atoms with van der Waals surface area (Å²) in [6.45, 7) is 20.4. The van der Waals surface area contributed by atoms with Crippen molar-refractivity contribution in [2.75, 3.05) is 92.6 Å². The molecule has 0 heterocycles. The second-order valence-electron chi connectivity index (χ2n) is 29.2. The van der Waals surface area contributed by atoms with Gasteiger partial charge in [0.05, 0.1) is 0 Å². The summed E-state index contributed by atoms with van der Waals surface area (Å²) < 4.78 is 0. The van der Waals surface area contributed by atoms with Gasteiger partial charge in [0.2, 0.25) is 11.8 Å². The molecule has 0 unspecified atom stereocenters. The molecule has 0 atom stereocenters. The minimum atomic E-state index is 0.163. The maximum absolute atomic E-state index is 13.1. The molecule has 0 bridgehead atoms. The first-order chi connectivity index (χ1) is 46.4. The fraction of sp³-hybridized carbons (Fsp3) is 0.884. The molecule has 2 amide bonds. The molecule has 0 aliphatic rings. The molecule has 0 radical (unpaired) electrons. The lowest BCUT2D eigenvalue weighted by Crippen LogP contribution is -2.38. The molecule has 0 aromatic carbocycles. The van der Waals surface area contributed by atoms with Crippen LogP contribution in [0.2, 0.25) is 0 Å². The van der Waals surface area contributed by atoms with Gasteiger partial charge >= 0.3 is 0 Å². The maximum atomic E-state index is 13.1. The van der Waals surface area contributed by atoms with Crippen LogP contribution in [-0.4, -0.2) is 124 Å². The van der Waals surface area contributed by atoms with E-state index < -0.39 is 0 Å². The van der Waals surface area contributed by atoms with Crippen molar-refractivity contribution in [2.45, 2.75) is 400 Å². The Bertz CT molecular complexity index is 1410. The van der Waals surface area contributed by atoms with Crippen molar-refractivity contribution >= 4 is 11.8 Å². The highest BCUT2D eigenvalue weighted by Crippen LogP contribution is 2.17. The van der Waals surface area contributed by atoms with Gasteiger partial charge in [-0.25, -0.2) is 0 Å². The van der Waals surface area contributed by atoms with Gasteiger partial charge in [-0.3, -0.25) is 9.59 Å². The van der Waals surface area contributed by atoms with Crippen LogP contribution in [0.1, 0.15) is 400 Å². The third kappa shape index (κ3) is 75.5. The predicted molar refractivity (Wildman–Crippen MR) is 421 cm³/mol. The Morgan fingerprint density at radius 2 is 0.404 bits per heavy atom. The number of likely N-dealkylation sites (N-methyl/N-ethyl adjacent to an activating group) is 2. The van der Waals surface area contributed by atoms with Crippen LogP contribution in [0.25, 0.3) is 0 Å². The zero-order valence-electron chi connectivity index (χ0n) is 64.7. The van der Waals surface area contributed by atoms with Crippen molar-refractivity contribution in [1.29, 1.82) is 0 Å². The number of amides is 2. The van der Waals surface area contributed by atoms with Crippen LogP contribution < -0.4 is 10.6 Å². The smallest absolute Gasteiger partial charge is 0.221 e. The number of carbonyl (C=O) groups is 2. The number of rotatable bonds is 79. The highest BCUT2D eigenvalue weighted by atomic mass is 16.2. The fourth-order valence-electron chi connectivity index (χ4n) is 13.0. The first kappa shape index (κ1) is 91.7. The molecule has 0 fully saturated rings. The van der Waals surface area contributed by atoms with Crippen LogP contribution in [-0.2, 0) is 9.59 Å². The third-order valence-corrected chi connectivity index (χ3v) is 19.7. The van der Waals surface area contributed by atoms with Crippen molar-refractivity contribution in [3.05, 3.63) is 48.6 Å². The standard InChI is InChI=1S/C86H168N6O2/c1-7-11-15-19-23-27-31-35-39-43-47-51-55-59-63-67-75-91(76-68-64-60-56-52-48-44-40-36-32-28-24-20-16-12-8-2)81-73-87-85(93)71-79-89(5)83-84-90(6)80-72-86(94)88-74-82-92(77-69-65-61-57-53-49-45-41-37-33-29-25-21-17-13-9-3)78-70-66-62-58-54-50-46-42-38-34-30-26-22-18-14-10-4/h35-42H,7-34,43-84H2,1-6H3,(H,87,93)(H,88,94)/b39-35-,40-36-,41-37-,42-38-. The molecule has 94 heavy (non-hydrogen) atoms. The van der Waals surface area contributed by atoms with Crippen molar-refractivity contribution < 1.29 is 9.59 Å². The summed E-state index contributed by atoms with van der Waals surface area (Å²) in [6, 6.07) is 0. The number of nitrogens with zero attached hydrogens (tertiary/aromatic N) is 4. The predicted octanol–water partition coefficient (Wildman–Crippen LogP) is 24.6. The summed E-state index contributed by atoms with van der Waals surface area (Å²) in [4.78, 5) is 36.1. The van der Waals surface area contributed by atoms with Crippen LogP contribution >= 0.6 is 0 Å². The van der Waals surface area contributed by atoms with Gasteiger partial charge in [-0.15, -0.1) is 0 Å². The highest BCUT2D eigenvalue weighted by molar-refractivity contribution is 5.76. The molecule has 0 saturated heterocycles. The second kappa shape index (κ2) is 79.7. The third-order valence-electron chi connectivity index (χ3n) is 19.7. The van der Waals surface area contributed by atoms with E-state index >= 15 is 0 Å². The Balaban J connectivity index is 4.73. The number of nitrogens with one attached hydrogen (secondary N) is 2. The van der Waals surface area contributed by atoms with Crippen molar-refractivity contribution in [1.82, 2.24) is 30.2 Å². The Morgan fingerprint density at radius 3 is 0.606 bits per heavy atom. The van der Waals surface area contributed by atoms with E-state index in [4.69, 9.17) is 0 Å². The normalized spacial score (nSPS) is 12.2. The lowest BCUT2D eigenvalue weighted by Gasteiger charge is -2.24. The Kier molecular flexibility index (Phi) is 77.8. The van der Waals surface area contributed by atoms with Crippen LogP contribution in [0.4, 0.5) is 0 Å². The first-order valence-corrected chi connectivity index (χ1v) is 42.3. The molecule has 554 valence electrons. The zero-order valence-corrected chi connectivity index (χ0v) is 64.7. The molecule has 8 nitrogen and oxygen atoms in total. The fourth-order valence-corrected chi connectivity index (χ4v) is 13.0. The number of hydrogen-bond donors (Lipinski definition) is 2. The van der Waals surface area contributed by atoms with Crippen LogP contribution in [0.15, 0.2) is 48.6 Å². The molecule has 8 heteroatoms. The van der Waals surface area contributed by atoms with Crippen LogP contribution in [0.3, 0.4) is 0 Å². The lowest BCUT2D eigenvalue weighted by molar-refractivity contribution is -0.122.